The fourth-order valence-corrected chi connectivity index (χ4v) is 4.76. The highest BCUT2D eigenvalue weighted by atomic mass is 19.4. The van der Waals surface area contributed by atoms with Gasteiger partial charge in [0.05, 0.1) is 6.54 Å². The lowest BCUT2D eigenvalue weighted by molar-refractivity contribution is -0.274. The maximum absolute atomic E-state index is 13.3. The zero-order valence-electron chi connectivity index (χ0n) is 21.1. The van der Waals surface area contributed by atoms with Crippen LogP contribution in [0.3, 0.4) is 0 Å². The van der Waals surface area contributed by atoms with Gasteiger partial charge in [0, 0.05) is 54.9 Å². The van der Waals surface area contributed by atoms with Crippen molar-refractivity contribution in [3.05, 3.63) is 96.4 Å². The molecule has 1 fully saturated rings. The minimum atomic E-state index is -4.82. The van der Waals surface area contributed by atoms with Gasteiger partial charge in [-0.1, -0.05) is 24.3 Å². The molecule has 11 heteroatoms. The number of hydrogen-bond acceptors (Lipinski definition) is 6. The topological polar surface area (TPSA) is 102 Å². The molecule has 0 bridgehead atoms. The summed E-state index contributed by atoms with van der Waals surface area (Å²) in [6.45, 7) is 1.73. The van der Waals surface area contributed by atoms with E-state index in [2.05, 4.69) is 14.7 Å². The molecule has 0 saturated carbocycles. The zero-order valence-corrected chi connectivity index (χ0v) is 21.1. The Bertz CT molecular complexity index is 1530. The lowest BCUT2D eigenvalue weighted by atomic mass is 9.90. The van der Waals surface area contributed by atoms with E-state index >= 15 is 0 Å². The fraction of sp³-hybridized carbons (Fsp3) is 0.172. The Kier molecular flexibility index (Phi) is 7.47. The van der Waals surface area contributed by atoms with Gasteiger partial charge in [-0.05, 0) is 59.2 Å². The summed E-state index contributed by atoms with van der Waals surface area (Å²) in [6.07, 6.45) is 0.153. The summed E-state index contributed by atoms with van der Waals surface area (Å²) >= 11 is 0. The Labute approximate surface area is 227 Å². The molecule has 2 aromatic heterocycles. The fourth-order valence-electron chi connectivity index (χ4n) is 4.76. The minimum absolute atomic E-state index is 0.160. The average Bonchev–Trinajstić information content (AvgIpc) is 2.93. The number of halogens is 3. The molecular weight excluding hydrogens is 523 g/mol. The van der Waals surface area contributed by atoms with Crippen molar-refractivity contribution in [3.8, 4) is 28.0 Å². The summed E-state index contributed by atoms with van der Waals surface area (Å²) in [5.74, 6) is -0.867. The van der Waals surface area contributed by atoms with Gasteiger partial charge in [-0.25, -0.2) is 4.98 Å². The first-order chi connectivity index (χ1) is 19.2. The van der Waals surface area contributed by atoms with Gasteiger partial charge in [0.15, 0.2) is 0 Å². The number of benzene rings is 2. The Hall–Kier alpha value is -4.77. The number of aromatic nitrogens is 2. The molecular formula is C29H24F3N5O3. The normalized spacial score (nSPS) is 14.3. The maximum atomic E-state index is 13.3. The second-order valence-electron chi connectivity index (χ2n) is 9.15. The number of primary amides is 1. The second-order valence-corrected chi connectivity index (χ2v) is 9.15. The van der Waals surface area contributed by atoms with Crippen molar-refractivity contribution in [3.63, 3.8) is 0 Å². The molecule has 1 saturated heterocycles. The number of carbonyl (C=O) groups is 2. The third-order valence-electron chi connectivity index (χ3n) is 6.50. The van der Waals surface area contributed by atoms with Crippen molar-refractivity contribution in [1.29, 1.82) is 0 Å². The molecule has 5 rings (SSSR count). The number of amides is 2. The third-order valence-corrected chi connectivity index (χ3v) is 6.50. The summed E-state index contributed by atoms with van der Waals surface area (Å²) in [5.41, 5.74) is 8.96. The highest BCUT2D eigenvalue weighted by Gasteiger charge is 2.32. The summed E-state index contributed by atoms with van der Waals surface area (Å²) in [6, 6.07) is 17.5. The predicted octanol–water partition coefficient (Wildman–Crippen LogP) is 4.66. The molecule has 1 aliphatic heterocycles. The Balaban J connectivity index is 1.51. The van der Waals surface area contributed by atoms with E-state index in [-0.39, 0.29) is 23.8 Å². The van der Waals surface area contributed by atoms with Crippen LogP contribution in [0.1, 0.15) is 15.9 Å². The molecule has 2 amide bonds. The molecule has 2 aromatic carbocycles. The van der Waals surface area contributed by atoms with E-state index in [1.165, 1.54) is 24.3 Å². The quantitative estimate of drug-likeness (QED) is 0.361. The number of rotatable bonds is 7. The van der Waals surface area contributed by atoms with Crippen LogP contribution in [-0.2, 0) is 11.3 Å². The van der Waals surface area contributed by atoms with Crippen LogP contribution in [-0.4, -0.2) is 52.7 Å². The van der Waals surface area contributed by atoms with Gasteiger partial charge in [0.1, 0.15) is 11.6 Å². The summed E-state index contributed by atoms with van der Waals surface area (Å²) < 4.78 is 42.0. The summed E-state index contributed by atoms with van der Waals surface area (Å²) in [5, 5.41) is 0. The first kappa shape index (κ1) is 26.8. The van der Waals surface area contributed by atoms with Gasteiger partial charge in [-0.2, -0.15) is 0 Å². The highest BCUT2D eigenvalue weighted by molar-refractivity contribution is 6.07. The summed E-state index contributed by atoms with van der Waals surface area (Å²) in [7, 11) is 0. The van der Waals surface area contributed by atoms with Crippen LogP contribution in [0, 0.1) is 0 Å². The Morgan fingerprint density at radius 2 is 1.65 bits per heavy atom. The molecule has 0 radical (unpaired) electrons. The SMILES string of the molecule is NC(=O)c1cccc(-c2ccc(OC(F)(F)F)cc2)c1-c1cccnc1N1CCN(Cc2ccncc2)CC1=O. The van der Waals surface area contributed by atoms with Crippen LogP contribution in [0.4, 0.5) is 19.0 Å². The first-order valence-corrected chi connectivity index (χ1v) is 12.4. The Morgan fingerprint density at radius 3 is 2.33 bits per heavy atom. The van der Waals surface area contributed by atoms with Gasteiger partial charge >= 0.3 is 6.36 Å². The molecule has 40 heavy (non-hydrogen) atoms. The van der Waals surface area contributed by atoms with Crippen molar-refractivity contribution in [2.45, 2.75) is 12.9 Å². The van der Waals surface area contributed by atoms with Gasteiger partial charge < -0.3 is 10.5 Å². The van der Waals surface area contributed by atoms with Crippen LogP contribution in [0.15, 0.2) is 85.3 Å². The number of ether oxygens (including phenoxy) is 1. The van der Waals surface area contributed by atoms with Gasteiger partial charge in [0.2, 0.25) is 11.8 Å². The van der Waals surface area contributed by atoms with Gasteiger partial charge in [0.25, 0.3) is 0 Å². The van der Waals surface area contributed by atoms with Crippen molar-refractivity contribution in [2.24, 2.45) is 5.73 Å². The van der Waals surface area contributed by atoms with Crippen LogP contribution in [0.2, 0.25) is 0 Å². The predicted molar refractivity (Wildman–Crippen MR) is 142 cm³/mol. The van der Waals surface area contributed by atoms with E-state index < -0.39 is 12.3 Å². The number of alkyl halides is 3. The molecule has 0 spiro atoms. The van der Waals surface area contributed by atoms with E-state index in [0.29, 0.717) is 47.7 Å². The van der Waals surface area contributed by atoms with Gasteiger partial charge in [-0.15, -0.1) is 13.2 Å². The van der Waals surface area contributed by atoms with E-state index in [9.17, 15) is 22.8 Å². The third kappa shape index (κ3) is 5.94. The van der Waals surface area contributed by atoms with Crippen LogP contribution < -0.4 is 15.4 Å². The lowest BCUT2D eigenvalue weighted by Gasteiger charge is -2.34. The van der Waals surface area contributed by atoms with Crippen LogP contribution >= 0.6 is 0 Å². The molecule has 204 valence electrons. The monoisotopic (exact) mass is 547 g/mol. The zero-order chi connectivity index (χ0) is 28.3. The summed E-state index contributed by atoms with van der Waals surface area (Å²) in [4.78, 5) is 38.0. The largest absolute Gasteiger partial charge is 0.573 e. The van der Waals surface area contributed by atoms with E-state index in [1.54, 1.807) is 53.8 Å². The first-order valence-electron chi connectivity index (χ1n) is 12.4. The van der Waals surface area contributed by atoms with Crippen molar-refractivity contribution in [1.82, 2.24) is 14.9 Å². The molecule has 3 heterocycles. The second kappa shape index (κ2) is 11.1. The molecule has 0 aliphatic carbocycles. The van der Waals surface area contributed by atoms with Crippen LogP contribution in [0.25, 0.3) is 22.3 Å². The lowest BCUT2D eigenvalue weighted by Crippen LogP contribution is -2.50. The standard InChI is InChI=1S/C29H24F3N5O3/c30-29(31,32)40-21-8-6-20(7-9-21)22-3-1-4-23(27(33)39)26(22)24-5-2-12-35-28(24)37-16-15-36(18-25(37)38)17-19-10-13-34-14-11-19/h1-14H,15-18H2,(H2,33,39). The number of hydrogen-bond donors (Lipinski definition) is 1. The van der Waals surface area contributed by atoms with Gasteiger partial charge in [-0.3, -0.25) is 24.4 Å². The molecule has 1 aliphatic rings. The number of anilines is 1. The number of carbonyl (C=O) groups excluding carboxylic acids is 2. The van der Waals surface area contributed by atoms with Crippen molar-refractivity contribution < 1.29 is 27.5 Å². The molecule has 0 atom stereocenters. The average molecular weight is 548 g/mol. The highest BCUT2D eigenvalue weighted by Crippen LogP contribution is 2.40. The minimum Gasteiger partial charge on any atom is -0.406 e. The number of nitrogens with two attached hydrogens (primary N) is 1. The smallest absolute Gasteiger partial charge is 0.406 e. The maximum Gasteiger partial charge on any atom is 0.573 e. The van der Waals surface area contributed by atoms with Crippen LogP contribution in [0.5, 0.6) is 5.75 Å². The van der Waals surface area contributed by atoms with Crippen molar-refractivity contribution in [2.75, 3.05) is 24.5 Å². The number of pyridine rings is 2. The Morgan fingerprint density at radius 1 is 0.925 bits per heavy atom. The van der Waals surface area contributed by atoms with E-state index in [1.807, 2.05) is 17.0 Å². The van der Waals surface area contributed by atoms with Crippen molar-refractivity contribution >= 4 is 17.6 Å². The molecule has 2 N–H and O–H groups in total. The molecule has 0 unspecified atom stereocenters. The molecule has 4 aromatic rings. The number of piperazine rings is 1. The molecule has 8 nitrogen and oxygen atoms in total. The number of nitrogens with zero attached hydrogens (tertiary/aromatic N) is 4. The van der Waals surface area contributed by atoms with E-state index in [0.717, 1.165) is 5.56 Å². The van der Waals surface area contributed by atoms with E-state index in [4.69, 9.17) is 5.73 Å².